The van der Waals surface area contributed by atoms with E-state index < -0.39 is 5.97 Å². The second-order valence-electron chi connectivity index (χ2n) is 4.54. The molecule has 2 rings (SSSR count). The largest absolute Gasteiger partial charge is 0.493 e. The number of hydrogen-bond acceptors (Lipinski definition) is 4. The third-order valence-electron chi connectivity index (χ3n) is 3.07. The molecule has 0 amide bonds. The van der Waals surface area contributed by atoms with E-state index in [2.05, 4.69) is 0 Å². The highest BCUT2D eigenvalue weighted by Gasteiger charge is 2.13. The number of carboxylic acids is 1. The van der Waals surface area contributed by atoms with Crippen molar-refractivity contribution < 1.29 is 19.4 Å². The first-order chi connectivity index (χ1) is 10.5. The summed E-state index contributed by atoms with van der Waals surface area (Å²) in [4.78, 5) is 10.8. The van der Waals surface area contributed by atoms with E-state index in [0.717, 1.165) is 5.56 Å². The molecule has 0 fully saturated rings. The Kier molecular flexibility index (Phi) is 4.63. The van der Waals surface area contributed by atoms with E-state index >= 15 is 0 Å². The lowest BCUT2D eigenvalue weighted by Gasteiger charge is -2.14. The second-order valence-corrected chi connectivity index (χ2v) is 4.54. The van der Waals surface area contributed by atoms with Crippen molar-refractivity contribution in [2.75, 3.05) is 7.11 Å². The molecule has 0 spiro atoms. The third-order valence-corrected chi connectivity index (χ3v) is 3.07. The number of carboxylic acid groups (broad SMARTS) is 1. The van der Waals surface area contributed by atoms with E-state index in [1.807, 2.05) is 0 Å². The fraction of sp³-hybridized carbons (Fsp3) is 0.125. The fourth-order valence-corrected chi connectivity index (χ4v) is 1.94. The number of aromatic carboxylic acids is 1. The van der Waals surface area contributed by atoms with Gasteiger partial charge in [-0.3, -0.25) is 5.41 Å². The predicted octanol–water partition coefficient (Wildman–Crippen LogP) is 2.26. The van der Waals surface area contributed by atoms with Crippen molar-refractivity contribution in [1.29, 1.82) is 5.41 Å². The lowest BCUT2D eigenvalue weighted by atomic mass is 10.1. The maximum Gasteiger partial charge on any atom is 0.335 e. The molecule has 0 atom stereocenters. The Morgan fingerprint density at radius 3 is 2.45 bits per heavy atom. The van der Waals surface area contributed by atoms with Gasteiger partial charge in [0.25, 0.3) is 0 Å². The molecule has 0 bridgehead atoms. The number of benzene rings is 2. The Morgan fingerprint density at radius 1 is 1.23 bits per heavy atom. The fourth-order valence-electron chi connectivity index (χ4n) is 1.94. The van der Waals surface area contributed by atoms with E-state index in [4.69, 9.17) is 25.7 Å². The molecule has 0 aliphatic rings. The molecule has 0 aliphatic heterocycles. The molecule has 22 heavy (non-hydrogen) atoms. The van der Waals surface area contributed by atoms with Crippen molar-refractivity contribution >= 4 is 11.8 Å². The first kappa shape index (κ1) is 15.4. The van der Waals surface area contributed by atoms with Crippen molar-refractivity contribution in [1.82, 2.24) is 0 Å². The van der Waals surface area contributed by atoms with Crippen molar-refractivity contribution in [3.05, 3.63) is 59.2 Å². The average Bonchev–Trinajstić information content (AvgIpc) is 2.52. The van der Waals surface area contributed by atoms with Gasteiger partial charge in [-0.15, -0.1) is 0 Å². The number of carbonyl (C=O) groups is 1. The monoisotopic (exact) mass is 300 g/mol. The summed E-state index contributed by atoms with van der Waals surface area (Å²) in [5, 5.41) is 16.4. The van der Waals surface area contributed by atoms with Crippen LogP contribution in [0.15, 0.2) is 42.5 Å². The predicted molar refractivity (Wildman–Crippen MR) is 81.7 cm³/mol. The van der Waals surface area contributed by atoms with Gasteiger partial charge in [-0.25, -0.2) is 4.79 Å². The van der Waals surface area contributed by atoms with Crippen LogP contribution in [0.2, 0.25) is 0 Å². The Hall–Kier alpha value is -3.02. The summed E-state index contributed by atoms with van der Waals surface area (Å²) >= 11 is 0. The molecule has 0 saturated heterocycles. The number of rotatable bonds is 6. The van der Waals surface area contributed by atoms with Gasteiger partial charge < -0.3 is 20.3 Å². The minimum atomic E-state index is -0.976. The molecule has 0 aromatic heterocycles. The molecule has 0 aliphatic carbocycles. The van der Waals surface area contributed by atoms with E-state index in [-0.39, 0.29) is 18.0 Å². The van der Waals surface area contributed by atoms with Gasteiger partial charge in [0.05, 0.1) is 18.2 Å². The van der Waals surface area contributed by atoms with Gasteiger partial charge >= 0.3 is 5.97 Å². The Morgan fingerprint density at radius 2 is 1.91 bits per heavy atom. The van der Waals surface area contributed by atoms with Crippen LogP contribution < -0.4 is 15.2 Å². The molecule has 114 valence electrons. The number of nitrogens with one attached hydrogen (secondary N) is 1. The second kappa shape index (κ2) is 6.62. The van der Waals surface area contributed by atoms with Gasteiger partial charge in [-0.2, -0.15) is 0 Å². The Labute approximate surface area is 127 Å². The summed E-state index contributed by atoms with van der Waals surface area (Å²) < 4.78 is 10.9. The molecular formula is C16H16N2O4. The standard InChI is InChI=1S/C16H16N2O4/c1-21-13-4-2-3-12(15(17)18)14(13)22-9-10-5-7-11(8-6-10)16(19)20/h2-8H,9H2,1H3,(H3,17,18)(H,19,20). The molecule has 4 N–H and O–H groups in total. The zero-order chi connectivity index (χ0) is 16.1. The van der Waals surface area contributed by atoms with Gasteiger partial charge in [0, 0.05) is 0 Å². The van der Waals surface area contributed by atoms with E-state index in [1.165, 1.54) is 19.2 Å². The maximum absolute atomic E-state index is 10.8. The van der Waals surface area contributed by atoms with Crippen LogP contribution in [0, 0.1) is 5.41 Å². The number of nitrogens with two attached hydrogens (primary N) is 1. The van der Waals surface area contributed by atoms with Crippen LogP contribution >= 0.6 is 0 Å². The van der Waals surface area contributed by atoms with Gasteiger partial charge in [0.2, 0.25) is 0 Å². The number of ether oxygens (including phenoxy) is 2. The molecular weight excluding hydrogens is 284 g/mol. The van der Waals surface area contributed by atoms with Crippen molar-refractivity contribution in [2.24, 2.45) is 5.73 Å². The zero-order valence-electron chi connectivity index (χ0n) is 12.0. The summed E-state index contributed by atoms with van der Waals surface area (Å²) in [6.07, 6.45) is 0. The Balaban J connectivity index is 2.20. The van der Waals surface area contributed by atoms with Crippen molar-refractivity contribution in [2.45, 2.75) is 6.61 Å². The van der Waals surface area contributed by atoms with E-state index in [0.29, 0.717) is 17.1 Å². The normalized spacial score (nSPS) is 10.0. The smallest absolute Gasteiger partial charge is 0.335 e. The van der Waals surface area contributed by atoms with Crippen LogP contribution in [-0.2, 0) is 6.61 Å². The lowest BCUT2D eigenvalue weighted by molar-refractivity contribution is 0.0697. The summed E-state index contributed by atoms with van der Waals surface area (Å²) in [5.74, 6) is -0.221. The van der Waals surface area contributed by atoms with Crippen LogP contribution in [0.5, 0.6) is 11.5 Å². The van der Waals surface area contributed by atoms with Crippen LogP contribution in [0.3, 0.4) is 0 Å². The van der Waals surface area contributed by atoms with E-state index in [9.17, 15) is 4.79 Å². The molecule has 6 heteroatoms. The van der Waals surface area contributed by atoms with Gasteiger partial charge in [-0.05, 0) is 29.8 Å². The molecule has 0 saturated carbocycles. The topological polar surface area (TPSA) is 106 Å². The van der Waals surface area contributed by atoms with Crippen LogP contribution in [-0.4, -0.2) is 24.0 Å². The van der Waals surface area contributed by atoms with Crippen LogP contribution in [0.4, 0.5) is 0 Å². The van der Waals surface area contributed by atoms with Crippen molar-refractivity contribution in [3.8, 4) is 11.5 Å². The van der Waals surface area contributed by atoms with Gasteiger partial charge in [-0.1, -0.05) is 18.2 Å². The first-order valence-electron chi connectivity index (χ1n) is 6.49. The molecule has 0 heterocycles. The van der Waals surface area contributed by atoms with Crippen LogP contribution in [0.1, 0.15) is 21.5 Å². The van der Waals surface area contributed by atoms with Gasteiger partial charge in [0.15, 0.2) is 11.5 Å². The lowest BCUT2D eigenvalue weighted by Crippen LogP contribution is -2.13. The molecule has 2 aromatic carbocycles. The number of nitrogen functional groups attached to an aromatic ring is 1. The quantitative estimate of drug-likeness (QED) is 0.560. The van der Waals surface area contributed by atoms with Crippen molar-refractivity contribution in [3.63, 3.8) is 0 Å². The highest BCUT2D eigenvalue weighted by molar-refractivity contribution is 5.98. The zero-order valence-corrected chi connectivity index (χ0v) is 12.0. The summed E-state index contributed by atoms with van der Waals surface area (Å²) in [6.45, 7) is 0.209. The highest BCUT2D eigenvalue weighted by Crippen LogP contribution is 2.31. The minimum absolute atomic E-state index is 0.116. The van der Waals surface area contributed by atoms with Crippen LogP contribution in [0.25, 0.3) is 0 Å². The summed E-state index contributed by atoms with van der Waals surface area (Å²) in [7, 11) is 1.51. The number of hydrogen-bond donors (Lipinski definition) is 3. The van der Waals surface area contributed by atoms with E-state index in [1.54, 1.807) is 30.3 Å². The Bertz CT molecular complexity index is 696. The third kappa shape index (κ3) is 3.35. The molecule has 2 aromatic rings. The van der Waals surface area contributed by atoms with Gasteiger partial charge in [0.1, 0.15) is 12.4 Å². The average molecular weight is 300 g/mol. The molecule has 6 nitrogen and oxygen atoms in total. The minimum Gasteiger partial charge on any atom is -0.493 e. The summed E-state index contributed by atoms with van der Waals surface area (Å²) in [5.41, 5.74) is 7.00. The maximum atomic E-state index is 10.8. The first-order valence-corrected chi connectivity index (χ1v) is 6.49. The molecule has 0 unspecified atom stereocenters. The SMILES string of the molecule is COc1cccc(C(=N)N)c1OCc1ccc(C(=O)O)cc1. The number of methoxy groups -OCH3 is 1. The number of para-hydroxylation sites is 1. The summed E-state index contributed by atoms with van der Waals surface area (Å²) in [6, 6.07) is 11.5. The number of amidine groups is 1. The highest BCUT2D eigenvalue weighted by atomic mass is 16.5. The molecule has 0 radical (unpaired) electrons.